The highest BCUT2D eigenvalue weighted by Crippen LogP contribution is 2.22. The van der Waals surface area contributed by atoms with Crippen LogP contribution < -0.4 is 10.6 Å². The number of likely N-dealkylation sites (tertiary alicyclic amines) is 2. The van der Waals surface area contributed by atoms with Gasteiger partial charge in [0, 0.05) is 49.9 Å². The molecule has 2 N–H and O–H groups in total. The lowest BCUT2D eigenvalue weighted by Crippen LogP contribution is -2.45. The summed E-state index contributed by atoms with van der Waals surface area (Å²) in [6.45, 7) is 2.92. The van der Waals surface area contributed by atoms with E-state index in [2.05, 4.69) is 22.8 Å². The molecule has 1 saturated carbocycles. The van der Waals surface area contributed by atoms with Gasteiger partial charge in [0.2, 0.25) is 0 Å². The number of hydrogen-bond donors (Lipinski definition) is 2. The summed E-state index contributed by atoms with van der Waals surface area (Å²) in [5.41, 5.74) is 2.88. The fraction of sp³-hybridized carbons (Fsp3) is 0.500. The lowest BCUT2D eigenvalue weighted by Gasteiger charge is -2.27. The summed E-state index contributed by atoms with van der Waals surface area (Å²) in [4.78, 5) is 29.8. The monoisotopic (exact) mass is 460 g/mol. The van der Waals surface area contributed by atoms with Gasteiger partial charge in [0.25, 0.3) is 5.91 Å². The minimum Gasteiger partial charge on any atom is -0.347 e. The molecule has 180 valence electrons. The number of urea groups is 1. The van der Waals surface area contributed by atoms with Gasteiger partial charge in [-0.2, -0.15) is 0 Å². The van der Waals surface area contributed by atoms with Crippen molar-refractivity contribution in [3.05, 3.63) is 60.2 Å². The molecule has 3 aliphatic rings. The molecule has 3 amide bonds. The molecule has 6 heteroatoms. The molecule has 2 aromatic rings. The van der Waals surface area contributed by atoms with Crippen molar-refractivity contribution in [1.82, 2.24) is 20.4 Å². The minimum absolute atomic E-state index is 0.00372. The van der Waals surface area contributed by atoms with E-state index in [-0.39, 0.29) is 18.0 Å². The van der Waals surface area contributed by atoms with Crippen LogP contribution in [0.3, 0.4) is 0 Å². The second kappa shape index (κ2) is 10.6. The smallest absolute Gasteiger partial charge is 0.320 e. The quantitative estimate of drug-likeness (QED) is 0.700. The van der Waals surface area contributed by atoms with Crippen molar-refractivity contribution in [1.29, 1.82) is 0 Å². The molecular weight excluding hydrogens is 424 g/mol. The highest BCUT2D eigenvalue weighted by atomic mass is 16.2. The van der Waals surface area contributed by atoms with E-state index in [0.29, 0.717) is 30.7 Å². The van der Waals surface area contributed by atoms with Gasteiger partial charge in [-0.25, -0.2) is 4.79 Å². The van der Waals surface area contributed by atoms with Crippen LogP contribution in [0.1, 0.15) is 55.3 Å². The molecule has 1 unspecified atom stereocenters. The van der Waals surface area contributed by atoms with Crippen LogP contribution in [0.5, 0.6) is 0 Å². The molecule has 34 heavy (non-hydrogen) atoms. The first kappa shape index (κ1) is 22.9. The van der Waals surface area contributed by atoms with Gasteiger partial charge in [-0.15, -0.1) is 0 Å². The van der Waals surface area contributed by atoms with Crippen molar-refractivity contribution in [2.45, 2.75) is 63.1 Å². The third-order valence-corrected chi connectivity index (χ3v) is 7.58. The number of carbonyl (C=O) groups excluding carboxylic acids is 2. The average Bonchev–Trinajstić information content (AvgIpc) is 3.55. The Morgan fingerprint density at radius 3 is 2.00 bits per heavy atom. The molecule has 0 bridgehead atoms. The molecular formula is C28H36N4O2. The number of amides is 3. The van der Waals surface area contributed by atoms with E-state index < -0.39 is 0 Å². The third-order valence-electron chi connectivity index (χ3n) is 7.58. The maximum absolute atomic E-state index is 13.1. The fourth-order valence-electron chi connectivity index (χ4n) is 5.64. The highest BCUT2D eigenvalue weighted by molar-refractivity contribution is 5.95. The maximum atomic E-state index is 13.1. The first-order valence-electron chi connectivity index (χ1n) is 12.9. The summed E-state index contributed by atoms with van der Waals surface area (Å²) in [6.07, 6.45) is 8.39. The van der Waals surface area contributed by atoms with Crippen LogP contribution in [-0.4, -0.2) is 66.0 Å². The SMILES string of the molecule is O=C(N[C@H]1CCN(C(=O)N2CCC(NC3CCCCC3)C2)C1)c1ccc(-c2ccccc2)cc1. The molecule has 2 heterocycles. The topological polar surface area (TPSA) is 64.7 Å². The van der Waals surface area contributed by atoms with Crippen molar-refractivity contribution < 1.29 is 9.59 Å². The Kier molecular flexibility index (Phi) is 7.14. The Bertz CT molecular complexity index is 972. The van der Waals surface area contributed by atoms with Crippen molar-refractivity contribution in [3.63, 3.8) is 0 Å². The van der Waals surface area contributed by atoms with E-state index in [1.54, 1.807) is 0 Å². The minimum atomic E-state index is -0.0724. The van der Waals surface area contributed by atoms with Crippen LogP contribution in [0.25, 0.3) is 11.1 Å². The molecule has 0 radical (unpaired) electrons. The van der Waals surface area contributed by atoms with E-state index in [1.165, 1.54) is 32.1 Å². The number of nitrogens with one attached hydrogen (secondary N) is 2. The second-order valence-corrected chi connectivity index (χ2v) is 10.1. The van der Waals surface area contributed by atoms with E-state index >= 15 is 0 Å². The third kappa shape index (κ3) is 5.44. The molecule has 1 aliphatic carbocycles. The second-order valence-electron chi connectivity index (χ2n) is 10.1. The number of nitrogens with zero attached hydrogens (tertiary/aromatic N) is 2. The van der Waals surface area contributed by atoms with Crippen LogP contribution >= 0.6 is 0 Å². The molecule has 0 aromatic heterocycles. The van der Waals surface area contributed by atoms with Gasteiger partial charge in [-0.05, 0) is 48.9 Å². The summed E-state index contributed by atoms with van der Waals surface area (Å²) < 4.78 is 0. The number of carbonyl (C=O) groups is 2. The predicted molar refractivity (Wildman–Crippen MR) is 135 cm³/mol. The molecule has 2 atom stereocenters. The van der Waals surface area contributed by atoms with Gasteiger partial charge in [0.15, 0.2) is 0 Å². The van der Waals surface area contributed by atoms with Gasteiger partial charge < -0.3 is 20.4 Å². The zero-order valence-electron chi connectivity index (χ0n) is 19.9. The van der Waals surface area contributed by atoms with E-state index in [0.717, 1.165) is 37.1 Å². The lowest BCUT2D eigenvalue weighted by atomic mass is 9.95. The normalized spacial score (nSPS) is 23.3. The van der Waals surface area contributed by atoms with Gasteiger partial charge in [0.1, 0.15) is 0 Å². The maximum Gasteiger partial charge on any atom is 0.320 e. The molecule has 2 saturated heterocycles. The first-order valence-corrected chi connectivity index (χ1v) is 12.9. The number of benzene rings is 2. The number of hydrogen-bond acceptors (Lipinski definition) is 3. The van der Waals surface area contributed by atoms with Crippen LogP contribution in [-0.2, 0) is 0 Å². The summed E-state index contributed by atoms with van der Waals surface area (Å²) >= 11 is 0. The van der Waals surface area contributed by atoms with Crippen LogP contribution in [0.15, 0.2) is 54.6 Å². The molecule has 2 aliphatic heterocycles. The molecule has 6 nitrogen and oxygen atoms in total. The van der Waals surface area contributed by atoms with Crippen molar-refractivity contribution in [3.8, 4) is 11.1 Å². The Labute approximate surface area is 202 Å². The molecule has 5 rings (SSSR count). The van der Waals surface area contributed by atoms with Crippen LogP contribution in [0.4, 0.5) is 4.79 Å². The largest absolute Gasteiger partial charge is 0.347 e. The summed E-state index contributed by atoms with van der Waals surface area (Å²) in [5, 5.41) is 6.92. The van der Waals surface area contributed by atoms with Gasteiger partial charge >= 0.3 is 6.03 Å². The Balaban J connectivity index is 1.09. The summed E-state index contributed by atoms with van der Waals surface area (Å²) in [6, 6.07) is 19.0. The van der Waals surface area contributed by atoms with Gasteiger partial charge in [-0.3, -0.25) is 4.79 Å². The van der Waals surface area contributed by atoms with Crippen molar-refractivity contribution in [2.75, 3.05) is 26.2 Å². The number of rotatable bonds is 5. The zero-order chi connectivity index (χ0) is 23.3. The first-order chi connectivity index (χ1) is 16.7. The van der Waals surface area contributed by atoms with E-state index in [9.17, 15) is 9.59 Å². The van der Waals surface area contributed by atoms with E-state index in [4.69, 9.17) is 0 Å². The molecule has 3 fully saturated rings. The van der Waals surface area contributed by atoms with Gasteiger partial charge in [0.05, 0.1) is 0 Å². The molecule has 2 aromatic carbocycles. The standard InChI is InChI=1S/C28H36N4O2/c33-27(23-13-11-22(12-14-23)21-7-3-1-4-8-21)30-26-16-18-32(20-26)28(34)31-17-15-25(19-31)29-24-9-5-2-6-10-24/h1,3-4,7-8,11-14,24-26,29H,2,5-6,9-10,15-20H2,(H,30,33)/t25?,26-/m0/s1. The highest BCUT2D eigenvalue weighted by Gasteiger charge is 2.34. The van der Waals surface area contributed by atoms with Crippen LogP contribution in [0, 0.1) is 0 Å². The van der Waals surface area contributed by atoms with Crippen molar-refractivity contribution in [2.24, 2.45) is 0 Å². The lowest BCUT2D eigenvalue weighted by molar-refractivity contribution is 0.0937. The summed E-state index contributed by atoms with van der Waals surface area (Å²) in [7, 11) is 0. The Morgan fingerprint density at radius 1 is 0.676 bits per heavy atom. The predicted octanol–water partition coefficient (Wildman–Crippen LogP) is 4.27. The van der Waals surface area contributed by atoms with Crippen LogP contribution in [0.2, 0.25) is 0 Å². The average molecular weight is 461 g/mol. The summed E-state index contributed by atoms with van der Waals surface area (Å²) in [5.74, 6) is -0.0724. The molecule has 0 spiro atoms. The fourth-order valence-corrected chi connectivity index (χ4v) is 5.64. The van der Waals surface area contributed by atoms with Crippen molar-refractivity contribution >= 4 is 11.9 Å². The zero-order valence-corrected chi connectivity index (χ0v) is 19.9. The van der Waals surface area contributed by atoms with E-state index in [1.807, 2.05) is 52.3 Å². The Hall–Kier alpha value is -2.86. The Morgan fingerprint density at radius 2 is 1.29 bits per heavy atom. The van der Waals surface area contributed by atoms with Gasteiger partial charge in [-0.1, -0.05) is 61.7 Å².